The summed E-state index contributed by atoms with van der Waals surface area (Å²) >= 11 is 0. The Morgan fingerprint density at radius 1 is 0.439 bits per heavy atom. The highest BCUT2D eigenvalue weighted by molar-refractivity contribution is 6.15. The largest absolute Gasteiger partial charge is 0.454 e. The Kier molecular flexibility index (Phi) is 5.42. The van der Waals surface area contributed by atoms with Gasteiger partial charge in [0.15, 0.2) is 11.4 Å². The summed E-state index contributed by atoms with van der Waals surface area (Å²) in [5.74, 6) is 0.696. The van der Waals surface area contributed by atoms with E-state index in [1.807, 2.05) is 72.8 Å². The molecule has 0 atom stereocenters. The lowest BCUT2D eigenvalue weighted by atomic mass is 9.96. The molecule has 192 valence electrons. The van der Waals surface area contributed by atoms with Crippen molar-refractivity contribution in [1.82, 2.24) is 15.0 Å². The predicted molar refractivity (Wildman–Crippen MR) is 166 cm³/mol. The molecular formula is C37H23N3O. The van der Waals surface area contributed by atoms with Crippen LogP contribution in [0, 0.1) is 0 Å². The van der Waals surface area contributed by atoms with Crippen LogP contribution in [0.15, 0.2) is 144 Å². The Bertz CT molecular complexity index is 2140. The molecule has 0 saturated carbocycles. The number of furan rings is 1. The molecule has 0 amide bonds. The number of aromatic nitrogens is 3. The van der Waals surface area contributed by atoms with Crippen LogP contribution in [0.2, 0.25) is 0 Å². The summed E-state index contributed by atoms with van der Waals surface area (Å²) in [5, 5.41) is 2.07. The zero-order valence-electron chi connectivity index (χ0n) is 22.0. The van der Waals surface area contributed by atoms with E-state index < -0.39 is 0 Å². The zero-order chi connectivity index (χ0) is 27.2. The molecule has 0 spiro atoms. The molecule has 0 saturated heterocycles. The minimum absolute atomic E-state index is 0.696. The molecule has 3 heterocycles. The van der Waals surface area contributed by atoms with Gasteiger partial charge in [-0.15, -0.1) is 0 Å². The Labute approximate surface area is 236 Å². The van der Waals surface area contributed by atoms with Crippen LogP contribution in [0.5, 0.6) is 0 Å². The van der Waals surface area contributed by atoms with Crippen LogP contribution >= 0.6 is 0 Å². The third-order valence-corrected chi connectivity index (χ3v) is 7.48. The van der Waals surface area contributed by atoms with Gasteiger partial charge in [-0.3, -0.25) is 0 Å². The molecule has 8 aromatic rings. The number of para-hydroxylation sites is 2. The van der Waals surface area contributed by atoms with E-state index in [0.29, 0.717) is 5.82 Å². The minimum atomic E-state index is 0.696. The van der Waals surface area contributed by atoms with Crippen molar-refractivity contribution in [1.29, 1.82) is 0 Å². The predicted octanol–water partition coefficient (Wildman–Crippen LogP) is 9.59. The summed E-state index contributed by atoms with van der Waals surface area (Å²) in [6.07, 6.45) is 0. The molecule has 0 aliphatic carbocycles. The van der Waals surface area contributed by atoms with Gasteiger partial charge in [-0.25, -0.2) is 15.0 Å². The normalized spacial score (nSPS) is 11.4. The Morgan fingerprint density at radius 3 is 1.85 bits per heavy atom. The highest BCUT2D eigenvalue weighted by Crippen LogP contribution is 2.40. The highest BCUT2D eigenvalue weighted by atomic mass is 16.3. The SMILES string of the molecule is c1ccc(-c2cc(-c3cccc(-c4c5ccccc5nc5c4oc4ccccc45)c3)nc(-c3ccccc3)n2)cc1. The van der Waals surface area contributed by atoms with E-state index in [9.17, 15) is 0 Å². The molecule has 4 nitrogen and oxygen atoms in total. The first-order chi connectivity index (χ1) is 20.3. The van der Waals surface area contributed by atoms with Crippen molar-refractivity contribution in [3.63, 3.8) is 0 Å². The number of hydrogen-bond acceptors (Lipinski definition) is 4. The molecule has 0 radical (unpaired) electrons. The molecule has 0 aliphatic heterocycles. The van der Waals surface area contributed by atoms with Gasteiger partial charge in [0.05, 0.1) is 16.9 Å². The van der Waals surface area contributed by atoms with Crippen LogP contribution in [-0.4, -0.2) is 15.0 Å². The van der Waals surface area contributed by atoms with Crippen molar-refractivity contribution in [2.45, 2.75) is 0 Å². The fourth-order valence-electron chi connectivity index (χ4n) is 5.53. The van der Waals surface area contributed by atoms with Crippen molar-refractivity contribution in [2.24, 2.45) is 0 Å². The van der Waals surface area contributed by atoms with Crippen LogP contribution in [0.3, 0.4) is 0 Å². The second-order valence-corrected chi connectivity index (χ2v) is 10.1. The summed E-state index contributed by atoms with van der Waals surface area (Å²) in [4.78, 5) is 15.0. The van der Waals surface area contributed by atoms with Gasteiger partial charge >= 0.3 is 0 Å². The molecule has 5 aromatic carbocycles. The molecule has 0 bridgehead atoms. The Hall–Kier alpha value is -5.61. The Morgan fingerprint density at radius 2 is 1.05 bits per heavy atom. The molecule has 4 heteroatoms. The van der Waals surface area contributed by atoms with Crippen molar-refractivity contribution >= 4 is 33.0 Å². The summed E-state index contributed by atoms with van der Waals surface area (Å²) < 4.78 is 6.46. The van der Waals surface area contributed by atoms with Crippen molar-refractivity contribution in [3.05, 3.63) is 140 Å². The van der Waals surface area contributed by atoms with E-state index >= 15 is 0 Å². The van der Waals surface area contributed by atoms with Gasteiger partial charge in [0.1, 0.15) is 11.1 Å². The summed E-state index contributed by atoms with van der Waals surface area (Å²) in [5.41, 5.74) is 10.3. The fourth-order valence-corrected chi connectivity index (χ4v) is 5.53. The monoisotopic (exact) mass is 525 g/mol. The van der Waals surface area contributed by atoms with E-state index in [2.05, 4.69) is 66.7 Å². The molecule has 0 fully saturated rings. The topological polar surface area (TPSA) is 51.8 Å². The number of fused-ring (bicyclic) bond motifs is 4. The quantitative estimate of drug-likeness (QED) is 0.230. The van der Waals surface area contributed by atoms with E-state index in [-0.39, 0.29) is 0 Å². The van der Waals surface area contributed by atoms with Gasteiger partial charge in [-0.05, 0) is 35.9 Å². The highest BCUT2D eigenvalue weighted by Gasteiger charge is 2.18. The van der Waals surface area contributed by atoms with E-state index in [1.54, 1.807) is 0 Å². The molecule has 8 rings (SSSR count). The van der Waals surface area contributed by atoms with E-state index in [4.69, 9.17) is 19.4 Å². The number of benzene rings is 5. The standard InChI is InChI=1S/C37H23N3O/c1-3-12-24(13-4-1)31-23-32(40-37(39-31)25-14-5-2-6-15-25)26-16-11-17-27(22-26)34-28-18-7-9-20-30(28)38-35-29-19-8-10-21-33(29)41-36(34)35/h1-23H. The average molecular weight is 526 g/mol. The van der Waals surface area contributed by atoms with Gasteiger partial charge in [-0.2, -0.15) is 0 Å². The van der Waals surface area contributed by atoms with Crippen LogP contribution in [0.4, 0.5) is 0 Å². The first-order valence-electron chi connectivity index (χ1n) is 13.6. The number of hydrogen-bond donors (Lipinski definition) is 0. The first kappa shape index (κ1) is 23.3. The maximum Gasteiger partial charge on any atom is 0.162 e. The van der Waals surface area contributed by atoms with Crippen LogP contribution in [-0.2, 0) is 0 Å². The molecule has 0 unspecified atom stereocenters. The first-order valence-corrected chi connectivity index (χ1v) is 13.6. The van der Waals surface area contributed by atoms with Gasteiger partial charge in [0, 0.05) is 33.0 Å². The number of rotatable bonds is 4. The van der Waals surface area contributed by atoms with Crippen LogP contribution in [0.25, 0.3) is 78.0 Å². The molecule has 3 aromatic heterocycles. The smallest absolute Gasteiger partial charge is 0.162 e. The molecule has 41 heavy (non-hydrogen) atoms. The zero-order valence-corrected chi connectivity index (χ0v) is 22.0. The average Bonchev–Trinajstić information content (AvgIpc) is 3.42. The van der Waals surface area contributed by atoms with Gasteiger partial charge in [0.2, 0.25) is 0 Å². The lowest BCUT2D eigenvalue weighted by Crippen LogP contribution is -1.96. The Balaban J connectivity index is 1.37. The second kappa shape index (κ2) is 9.54. The molecule has 0 aliphatic rings. The fraction of sp³-hybridized carbons (Fsp3) is 0. The summed E-state index contributed by atoms with van der Waals surface area (Å²) in [7, 11) is 0. The maximum atomic E-state index is 6.46. The second-order valence-electron chi connectivity index (χ2n) is 10.1. The lowest BCUT2D eigenvalue weighted by molar-refractivity contribution is 0.670. The van der Waals surface area contributed by atoms with Crippen molar-refractivity contribution in [3.8, 4) is 45.0 Å². The summed E-state index contributed by atoms with van der Waals surface area (Å²) in [6.45, 7) is 0. The van der Waals surface area contributed by atoms with Gasteiger partial charge < -0.3 is 4.42 Å². The maximum absolute atomic E-state index is 6.46. The van der Waals surface area contributed by atoms with Gasteiger partial charge in [-0.1, -0.05) is 109 Å². The third-order valence-electron chi connectivity index (χ3n) is 7.48. The van der Waals surface area contributed by atoms with Gasteiger partial charge in [0.25, 0.3) is 0 Å². The van der Waals surface area contributed by atoms with E-state index in [1.165, 1.54) is 0 Å². The minimum Gasteiger partial charge on any atom is -0.454 e. The number of nitrogens with zero attached hydrogens (tertiary/aromatic N) is 3. The van der Waals surface area contributed by atoms with Crippen LogP contribution < -0.4 is 0 Å². The van der Waals surface area contributed by atoms with Crippen molar-refractivity contribution in [2.75, 3.05) is 0 Å². The molecular weight excluding hydrogens is 502 g/mol. The third kappa shape index (κ3) is 4.05. The number of pyridine rings is 1. The van der Waals surface area contributed by atoms with Crippen molar-refractivity contribution < 1.29 is 4.42 Å². The van der Waals surface area contributed by atoms with Crippen LogP contribution in [0.1, 0.15) is 0 Å². The van der Waals surface area contributed by atoms with E-state index in [0.717, 1.165) is 72.2 Å². The molecule has 0 N–H and O–H groups in total. The summed E-state index contributed by atoms with van der Waals surface area (Å²) in [6, 6.07) is 47.3. The lowest BCUT2D eigenvalue weighted by Gasteiger charge is -2.12.